The molecule has 0 unspecified atom stereocenters. The van der Waals surface area contributed by atoms with Crippen molar-refractivity contribution < 1.29 is 13.0 Å². The Morgan fingerprint density at radius 3 is 2.08 bits per heavy atom. The molecule has 0 aliphatic heterocycles. The summed E-state index contributed by atoms with van der Waals surface area (Å²) in [5.41, 5.74) is 0.919. The molecule has 0 aliphatic carbocycles. The highest BCUT2D eigenvalue weighted by Gasteiger charge is 2.07. The molecular formula is C7H8BO3S. The first kappa shape index (κ1) is 9.28. The van der Waals surface area contributed by atoms with Crippen molar-refractivity contribution in [1.29, 1.82) is 0 Å². The lowest BCUT2D eigenvalue weighted by atomic mass is 9.74. The number of hydrogen-bond acceptors (Lipinski definition) is 2. The van der Waals surface area contributed by atoms with Crippen molar-refractivity contribution in [2.45, 2.75) is 11.7 Å². The first-order valence-electron chi connectivity index (χ1n) is 3.41. The van der Waals surface area contributed by atoms with E-state index in [-0.39, 0.29) is 4.90 Å². The summed E-state index contributed by atoms with van der Waals surface area (Å²) in [7, 11) is -2.20. The molecule has 0 saturated carbocycles. The summed E-state index contributed by atoms with van der Waals surface area (Å²) in [6.07, 6.45) is 0. The summed E-state index contributed by atoms with van der Waals surface area (Å²) < 4.78 is 29.8. The molecule has 1 aromatic rings. The number of rotatable bonds is 2. The quantitative estimate of drug-likeness (QED) is 0.530. The summed E-state index contributed by atoms with van der Waals surface area (Å²) in [4.78, 5) is -0.0758. The number of hydrogen-bond donors (Lipinski definition) is 1. The Bertz CT molecular complexity index is 355. The maximum atomic E-state index is 10.6. The maximum absolute atomic E-state index is 10.6. The second kappa shape index (κ2) is 3.29. The third-order valence-electron chi connectivity index (χ3n) is 1.51. The van der Waals surface area contributed by atoms with Crippen molar-refractivity contribution in [2.24, 2.45) is 0 Å². The summed E-state index contributed by atoms with van der Waals surface area (Å²) in [6, 6.07) is 5.99. The van der Waals surface area contributed by atoms with Crippen molar-refractivity contribution >= 4 is 22.9 Å². The predicted molar refractivity (Wildman–Crippen MR) is 47.5 cm³/mol. The van der Waals surface area contributed by atoms with Gasteiger partial charge in [0.25, 0.3) is 10.1 Å². The lowest BCUT2D eigenvalue weighted by Crippen LogP contribution is -2.10. The largest absolute Gasteiger partial charge is 0.294 e. The van der Waals surface area contributed by atoms with Crippen LogP contribution in [0, 0.1) is 0 Å². The van der Waals surface area contributed by atoms with Gasteiger partial charge in [-0.2, -0.15) is 8.42 Å². The summed E-state index contributed by atoms with van der Waals surface area (Å²) in [6.45, 7) is 1.85. The van der Waals surface area contributed by atoms with Crippen LogP contribution in [0.15, 0.2) is 29.2 Å². The molecule has 0 saturated heterocycles. The molecule has 0 fully saturated rings. The second-order valence-electron chi connectivity index (χ2n) is 2.33. The van der Waals surface area contributed by atoms with E-state index >= 15 is 0 Å². The normalized spacial score (nSPS) is 11.2. The molecule has 1 N–H and O–H groups in total. The van der Waals surface area contributed by atoms with Crippen molar-refractivity contribution in [2.75, 3.05) is 0 Å². The van der Waals surface area contributed by atoms with Crippen LogP contribution in [0.2, 0.25) is 6.82 Å². The van der Waals surface area contributed by atoms with Crippen LogP contribution < -0.4 is 5.46 Å². The standard InChI is InChI=1S/C7H8BO3S/c1-8-6-2-4-7(5-3-6)12(9,10)11/h2-5H,1H3,(H,9,10,11). The van der Waals surface area contributed by atoms with Crippen molar-refractivity contribution in [1.82, 2.24) is 0 Å². The molecule has 0 atom stereocenters. The van der Waals surface area contributed by atoms with E-state index < -0.39 is 10.1 Å². The van der Waals surface area contributed by atoms with E-state index in [2.05, 4.69) is 0 Å². The van der Waals surface area contributed by atoms with E-state index in [4.69, 9.17) is 4.55 Å². The third kappa shape index (κ3) is 2.09. The summed E-state index contributed by atoms with van der Waals surface area (Å²) >= 11 is 0. The fourth-order valence-electron chi connectivity index (χ4n) is 0.832. The van der Waals surface area contributed by atoms with Gasteiger partial charge < -0.3 is 0 Å². The van der Waals surface area contributed by atoms with Gasteiger partial charge in [-0.1, -0.05) is 24.4 Å². The topological polar surface area (TPSA) is 54.4 Å². The van der Waals surface area contributed by atoms with E-state index in [9.17, 15) is 8.42 Å². The van der Waals surface area contributed by atoms with Crippen LogP contribution in [-0.2, 0) is 10.1 Å². The molecule has 1 aromatic carbocycles. The SMILES string of the molecule is C[B]c1ccc(S(=O)(=O)O)cc1. The first-order chi connectivity index (χ1) is 5.54. The van der Waals surface area contributed by atoms with Crippen molar-refractivity contribution in [3.8, 4) is 0 Å². The van der Waals surface area contributed by atoms with E-state index in [1.807, 2.05) is 14.1 Å². The smallest absolute Gasteiger partial charge is 0.282 e. The maximum Gasteiger partial charge on any atom is 0.294 e. The van der Waals surface area contributed by atoms with Gasteiger partial charge in [0, 0.05) is 0 Å². The fourth-order valence-corrected chi connectivity index (χ4v) is 1.31. The molecule has 0 aromatic heterocycles. The van der Waals surface area contributed by atoms with Crippen LogP contribution in [0.5, 0.6) is 0 Å². The molecule has 0 spiro atoms. The van der Waals surface area contributed by atoms with E-state index in [1.165, 1.54) is 12.1 Å². The zero-order chi connectivity index (χ0) is 9.19. The van der Waals surface area contributed by atoms with Gasteiger partial charge in [0.2, 0.25) is 0 Å². The van der Waals surface area contributed by atoms with Gasteiger partial charge in [-0.3, -0.25) is 4.55 Å². The van der Waals surface area contributed by atoms with Gasteiger partial charge in [0.05, 0.1) is 4.90 Å². The van der Waals surface area contributed by atoms with E-state index in [0.717, 1.165) is 5.46 Å². The highest BCUT2D eigenvalue weighted by Crippen LogP contribution is 2.04. The summed E-state index contributed by atoms with van der Waals surface area (Å²) in [5.74, 6) is 0. The van der Waals surface area contributed by atoms with Crippen molar-refractivity contribution in [3.05, 3.63) is 24.3 Å². The number of benzene rings is 1. The van der Waals surface area contributed by atoms with Crippen LogP contribution >= 0.6 is 0 Å². The van der Waals surface area contributed by atoms with Gasteiger partial charge >= 0.3 is 0 Å². The molecule has 5 heteroatoms. The van der Waals surface area contributed by atoms with E-state index in [1.54, 1.807) is 12.1 Å². The Hall–Kier alpha value is -0.805. The predicted octanol–water partition coefficient (Wildman–Crippen LogP) is 0.311. The van der Waals surface area contributed by atoms with Crippen LogP contribution in [0.3, 0.4) is 0 Å². The molecule has 0 heterocycles. The van der Waals surface area contributed by atoms with Gasteiger partial charge in [-0.25, -0.2) is 0 Å². The first-order valence-corrected chi connectivity index (χ1v) is 4.85. The van der Waals surface area contributed by atoms with Crippen LogP contribution in [-0.4, -0.2) is 20.3 Å². The lowest BCUT2D eigenvalue weighted by Gasteiger charge is -1.97. The van der Waals surface area contributed by atoms with Crippen LogP contribution in [0.25, 0.3) is 0 Å². The fraction of sp³-hybridized carbons (Fsp3) is 0.143. The Morgan fingerprint density at radius 2 is 1.75 bits per heavy atom. The molecule has 0 amide bonds. The molecule has 12 heavy (non-hydrogen) atoms. The molecule has 1 rings (SSSR count). The molecule has 0 aliphatic rings. The second-order valence-corrected chi connectivity index (χ2v) is 3.75. The summed E-state index contributed by atoms with van der Waals surface area (Å²) in [5, 5.41) is 0. The van der Waals surface area contributed by atoms with Gasteiger partial charge in [-0.15, -0.1) is 0 Å². The highest BCUT2D eigenvalue weighted by atomic mass is 32.2. The van der Waals surface area contributed by atoms with Crippen molar-refractivity contribution in [3.63, 3.8) is 0 Å². The van der Waals surface area contributed by atoms with Crippen LogP contribution in [0.1, 0.15) is 0 Å². The molecule has 3 nitrogen and oxygen atoms in total. The molecular weight excluding hydrogens is 175 g/mol. The Morgan fingerprint density at radius 1 is 1.25 bits per heavy atom. The Kier molecular flexibility index (Phi) is 2.54. The minimum Gasteiger partial charge on any atom is -0.282 e. The van der Waals surface area contributed by atoms with Crippen LogP contribution in [0.4, 0.5) is 0 Å². The zero-order valence-electron chi connectivity index (χ0n) is 6.56. The lowest BCUT2D eigenvalue weighted by molar-refractivity contribution is 0.483. The Balaban J connectivity index is 3.09. The molecule has 1 radical (unpaired) electrons. The monoisotopic (exact) mass is 183 g/mol. The average molecular weight is 183 g/mol. The van der Waals surface area contributed by atoms with Gasteiger partial charge in [0.1, 0.15) is 7.28 Å². The zero-order valence-corrected chi connectivity index (χ0v) is 7.38. The third-order valence-corrected chi connectivity index (χ3v) is 2.38. The minimum absolute atomic E-state index is 0.0758. The Labute approximate surface area is 72.4 Å². The van der Waals surface area contributed by atoms with E-state index in [0.29, 0.717) is 0 Å². The van der Waals surface area contributed by atoms with Gasteiger partial charge in [0.15, 0.2) is 0 Å². The molecule has 0 bridgehead atoms. The average Bonchev–Trinajstić information content (AvgIpc) is 2.03. The minimum atomic E-state index is -4.04. The van der Waals surface area contributed by atoms with Gasteiger partial charge in [-0.05, 0) is 12.1 Å². The molecule has 63 valence electrons. The highest BCUT2D eigenvalue weighted by molar-refractivity contribution is 7.85.